The summed E-state index contributed by atoms with van der Waals surface area (Å²) in [4.78, 5) is 10.7. The van der Waals surface area contributed by atoms with Gasteiger partial charge in [-0.3, -0.25) is 9.89 Å². The van der Waals surface area contributed by atoms with Crippen LogP contribution in [0.2, 0.25) is 0 Å². The number of nitrogens with zero attached hydrogens (tertiary/aromatic N) is 1. The van der Waals surface area contributed by atoms with Gasteiger partial charge in [0, 0.05) is 40.8 Å². The van der Waals surface area contributed by atoms with Crippen LogP contribution < -0.4 is 14.8 Å². The summed E-state index contributed by atoms with van der Waals surface area (Å²) in [5.74, 6) is -4.91. The molecule has 4 rings (SSSR count). The Kier molecular flexibility index (Phi) is 12.5. The molecule has 53 heavy (non-hydrogen) atoms. The van der Waals surface area contributed by atoms with Crippen molar-refractivity contribution in [3.05, 3.63) is 83.1 Å². The molecule has 4 aromatic rings. The minimum atomic E-state index is -5.22. The standard InChI is InChI=1S/C21H22F5N3O2.C14H15F5O3/c1-19(2,14-7-12(22)8-15(23)18(14)31-3)10-20(30,21(24,25)26)11-27-16-5-4-6-17-13(16)9-28-29-17;1-12(2,6-13(21,7-20)14(17,18)19)9-4-8(15)5-10(16)11(9)22-3/h4-9,27,30H,10-11H2,1-3H3,(H,28,29);4-5,7,21H,6H2,1-3H3. The lowest BCUT2D eigenvalue weighted by Crippen LogP contribution is -2.53. The monoisotopic (exact) mass is 769 g/mol. The van der Waals surface area contributed by atoms with E-state index < -0.39 is 89.1 Å². The number of anilines is 1. The fourth-order valence-corrected chi connectivity index (χ4v) is 5.97. The summed E-state index contributed by atoms with van der Waals surface area (Å²) in [6.07, 6.45) is -11.4. The van der Waals surface area contributed by atoms with Crippen LogP contribution in [0.25, 0.3) is 10.9 Å². The zero-order valence-corrected chi connectivity index (χ0v) is 29.2. The maximum Gasteiger partial charge on any atom is 0.424 e. The third-order valence-electron chi connectivity index (χ3n) is 8.60. The molecule has 0 saturated carbocycles. The van der Waals surface area contributed by atoms with E-state index in [1.807, 2.05) is 0 Å². The molecule has 8 nitrogen and oxygen atoms in total. The number of ether oxygens (including phenoxy) is 2. The average molecular weight is 770 g/mol. The van der Waals surface area contributed by atoms with Crippen molar-refractivity contribution < 1.29 is 68.4 Å². The van der Waals surface area contributed by atoms with Crippen LogP contribution >= 0.6 is 0 Å². The van der Waals surface area contributed by atoms with E-state index in [2.05, 4.69) is 15.5 Å². The van der Waals surface area contributed by atoms with E-state index in [-0.39, 0.29) is 16.9 Å². The van der Waals surface area contributed by atoms with Gasteiger partial charge in [-0.25, -0.2) is 17.6 Å². The lowest BCUT2D eigenvalue weighted by atomic mass is 9.74. The first-order chi connectivity index (χ1) is 24.3. The number of hydrogen-bond donors (Lipinski definition) is 4. The molecule has 0 fully saturated rings. The number of halogens is 10. The van der Waals surface area contributed by atoms with E-state index in [9.17, 15) is 58.9 Å². The number of hydrogen-bond acceptors (Lipinski definition) is 7. The first-order valence-electron chi connectivity index (χ1n) is 15.5. The predicted octanol–water partition coefficient (Wildman–Crippen LogP) is 8.06. The molecule has 0 saturated heterocycles. The first-order valence-corrected chi connectivity index (χ1v) is 15.5. The zero-order chi connectivity index (χ0) is 40.4. The highest BCUT2D eigenvalue weighted by Gasteiger charge is 2.57. The van der Waals surface area contributed by atoms with Gasteiger partial charge >= 0.3 is 12.4 Å². The van der Waals surface area contributed by atoms with E-state index in [4.69, 9.17) is 9.47 Å². The molecule has 2 unspecified atom stereocenters. The summed E-state index contributed by atoms with van der Waals surface area (Å²) in [5.41, 5.74) is -9.33. The largest absolute Gasteiger partial charge is 0.493 e. The summed E-state index contributed by atoms with van der Waals surface area (Å²) < 4.78 is 145. The van der Waals surface area contributed by atoms with Crippen LogP contribution in [0.1, 0.15) is 51.7 Å². The Labute approximate surface area is 297 Å². The maximum atomic E-state index is 14.1. The van der Waals surface area contributed by atoms with Crippen LogP contribution in [-0.4, -0.2) is 71.0 Å². The Morgan fingerprint density at radius 2 is 1.26 bits per heavy atom. The van der Waals surface area contributed by atoms with Gasteiger partial charge in [0.25, 0.3) is 0 Å². The highest BCUT2D eigenvalue weighted by Crippen LogP contribution is 2.46. The van der Waals surface area contributed by atoms with E-state index in [1.54, 1.807) is 18.2 Å². The summed E-state index contributed by atoms with van der Waals surface area (Å²) in [6, 6.07) is 7.72. The fourth-order valence-electron chi connectivity index (χ4n) is 5.97. The lowest BCUT2D eigenvalue weighted by Gasteiger charge is -2.38. The highest BCUT2D eigenvalue weighted by molar-refractivity contribution is 5.90. The number of aromatic amines is 1. The summed E-state index contributed by atoms with van der Waals surface area (Å²) >= 11 is 0. The van der Waals surface area contributed by atoms with Gasteiger partial charge < -0.3 is 25.0 Å². The number of methoxy groups -OCH3 is 2. The van der Waals surface area contributed by atoms with Gasteiger partial charge in [0.05, 0.1) is 32.5 Å². The number of aliphatic hydroxyl groups is 2. The quantitative estimate of drug-likeness (QED) is 0.0852. The molecule has 0 spiro atoms. The third-order valence-corrected chi connectivity index (χ3v) is 8.60. The van der Waals surface area contributed by atoms with Crippen LogP contribution in [0.15, 0.2) is 48.7 Å². The van der Waals surface area contributed by atoms with Crippen molar-refractivity contribution >= 4 is 22.9 Å². The van der Waals surface area contributed by atoms with E-state index in [1.165, 1.54) is 33.9 Å². The first kappa shape index (κ1) is 42.8. The topological polar surface area (TPSA) is 117 Å². The summed E-state index contributed by atoms with van der Waals surface area (Å²) in [6.45, 7) is 4.26. The van der Waals surface area contributed by atoms with Gasteiger partial charge in [-0.2, -0.15) is 31.4 Å². The number of aromatic nitrogens is 2. The number of benzene rings is 3. The molecule has 292 valence electrons. The van der Waals surface area contributed by atoms with Crippen LogP contribution in [-0.2, 0) is 15.6 Å². The Morgan fingerprint density at radius 1 is 0.774 bits per heavy atom. The van der Waals surface area contributed by atoms with Crippen molar-refractivity contribution in [2.75, 3.05) is 26.1 Å². The average Bonchev–Trinajstić information content (AvgIpc) is 3.52. The van der Waals surface area contributed by atoms with Crippen LogP contribution in [0, 0.1) is 23.3 Å². The van der Waals surface area contributed by atoms with E-state index >= 15 is 0 Å². The number of rotatable bonds is 12. The van der Waals surface area contributed by atoms with Gasteiger partial charge in [-0.1, -0.05) is 33.8 Å². The molecule has 0 radical (unpaired) electrons. The molecule has 0 bridgehead atoms. The second kappa shape index (κ2) is 15.4. The van der Waals surface area contributed by atoms with Crippen molar-refractivity contribution in [3.63, 3.8) is 0 Å². The minimum Gasteiger partial charge on any atom is -0.493 e. The molecule has 0 aliphatic rings. The molecular formula is C35H37F10N3O5. The van der Waals surface area contributed by atoms with Gasteiger partial charge in [-0.15, -0.1) is 0 Å². The van der Waals surface area contributed by atoms with E-state index in [0.29, 0.717) is 28.7 Å². The molecule has 0 amide bonds. The van der Waals surface area contributed by atoms with Crippen molar-refractivity contribution in [3.8, 4) is 11.5 Å². The summed E-state index contributed by atoms with van der Waals surface area (Å²) in [5, 5.41) is 30.0. The highest BCUT2D eigenvalue weighted by atomic mass is 19.4. The van der Waals surface area contributed by atoms with Crippen molar-refractivity contribution in [2.45, 2.75) is 74.9 Å². The lowest BCUT2D eigenvalue weighted by molar-refractivity contribution is -0.260. The number of carbonyl (C=O) groups excluding carboxylic acids is 1. The van der Waals surface area contributed by atoms with Crippen molar-refractivity contribution in [1.29, 1.82) is 0 Å². The molecule has 0 aliphatic carbocycles. The number of fused-ring (bicyclic) bond motifs is 1. The zero-order valence-electron chi connectivity index (χ0n) is 29.2. The van der Waals surface area contributed by atoms with Crippen molar-refractivity contribution in [1.82, 2.24) is 10.2 Å². The van der Waals surface area contributed by atoms with Crippen LogP contribution in [0.4, 0.5) is 49.6 Å². The fraction of sp³-hybridized carbons (Fsp3) is 0.429. The molecule has 1 heterocycles. The number of nitrogens with one attached hydrogen (secondary N) is 2. The second-order valence-electron chi connectivity index (χ2n) is 13.6. The number of alkyl halides is 6. The van der Waals surface area contributed by atoms with Crippen LogP contribution in [0.3, 0.4) is 0 Å². The molecule has 2 atom stereocenters. The molecule has 0 aliphatic heterocycles. The number of carbonyl (C=O) groups is 1. The Balaban J connectivity index is 0.000000304. The number of H-pyrrole nitrogens is 1. The Bertz CT molecular complexity index is 1910. The third kappa shape index (κ3) is 9.33. The molecule has 4 N–H and O–H groups in total. The Morgan fingerprint density at radius 3 is 1.70 bits per heavy atom. The predicted molar refractivity (Wildman–Crippen MR) is 174 cm³/mol. The Hall–Kier alpha value is -4.58. The van der Waals surface area contributed by atoms with E-state index in [0.717, 1.165) is 26.4 Å². The van der Waals surface area contributed by atoms with Gasteiger partial charge in [0.2, 0.25) is 5.60 Å². The normalized spacial score (nSPS) is 14.8. The summed E-state index contributed by atoms with van der Waals surface area (Å²) in [7, 11) is 2.21. The SMILES string of the molecule is COc1c(F)cc(F)cc1C(C)(C)CC(O)(C=O)C(F)(F)F.COc1c(F)cc(F)cc1C(C)(C)CC(O)(CNc1cccc2[nH]ncc12)C(F)(F)F. The maximum absolute atomic E-state index is 14.1. The van der Waals surface area contributed by atoms with Gasteiger partial charge in [-0.05, 0) is 41.5 Å². The second-order valence-corrected chi connectivity index (χ2v) is 13.6. The number of aldehydes is 1. The van der Waals surface area contributed by atoms with Gasteiger partial charge in [0.1, 0.15) is 11.6 Å². The molecule has 18 heteroatoms. The molecular weight excluding hydrogens is 732 g/mol. The molecule has 1 aromatic heterocycles. The molecule has 3 aromatic carbocycles. The minimum absolute atomic E-state index is 0.118. The van der Waals surface area contributed by atoms with Gasteiger partial charge in [0.15, 0.2) is 35.0 Å². The smallest absolute Gasteiger partial charge is 0.424 e. The van der Waals surface area contributed by atoms with Crippen molar-refractivity contribution in [2.24, 2.45) is 0 Å². The van der Waals surface area contributed by atoms with Crippen LogP contribution in [0.5, 0.6) is 11.5 Å².